The zero-order valence-corrected chi connectivity index (χ0v) is 13.7. The normalized spacial score (nSPS) is 15.8. The number of hydrogen-bond acceptors (Lipinski definition) is 4. The molecule has 0 atom stereocenters. The number of quaternary nitrogens is 1. The molecule has 2 aromatic rings. The number of aromatic nitrogens is 1. The van der Waals surface area contributed by atoms with Crippen LogP contribution in [0.3, 0.4) is 0 Å². The van der Waals surface area contributed by atoms with E-state index < -0.39 is 0 Å². The van der Waals surface area contributed by atoms with Gasteiger partial charge in [0.1, 0.15) is 0 Å². The fraction of sp³-hybridized carbons (Fsp3) is 0.375. The van der Waals surface area contributed by atoms with E-state index in [2.05, 4.69) is 22.6 Å². The topological polar surface area (TPSA) is 49.7 Å². The molecule has 1 amide bonds. The molecule has 0 spiro atoms. The van der Waals surface area contributed by atoms with Crippen molar-refractivity contribution in [2.24, 2.45) is 0 Å². The van der Waals surface area contributed by atoms with Crippen molar-refractivity contribution < 1.29 is 9.69 Å². The lowest BCUT2D eigenvalue weighted by atomic mass is 10.1. The fourth-order valence-corrected chi connectivity index (χ4v) is 3.44. The number of benzene rings is 1. The average molecular weight is 317 g/mol. The molecule has 0 saturated carbocycles. The Hall–Kier alpha value is -1.92. The van der Waals surface area contributed by atoms with E-state index in [0.29, 0.717) is 0 Å². The standard InChI is InChI=1S/C16H20N4OS/c1-12(21)17-14-5-3-13(4-6-14)15-11-22-16(18-15)20-9-7-19(2)8-10-20/h3-6,11H,7-10H2,1-2H3,(H,17,21)/p+1. The summed E-state index contributed by atoms with van der Waals surface area (Å²) in [6.45, 7) is 5.99. The third-order valence-corrected chi connectivity index (χ3v) is 4.78. The fourth-order valence-electron chi connectivity index (χ4n) is 2.55. The first-order chi connectivity index (χ1) is 10.6. The second kappa shape index (κ2) is 6.46. The van der Waals surface area contributed by atoms with Gasteiger partial charge in [-0.3, -0.25) is 4.79 Å². The maximum Gasteiger partial charge on any atom is 0.221 e. The van der Waals surface area contributed by atoms with Gasteiger partial charge in [-0.15, -0.1) is 11.3 Å². The van der Waals surface area contributed by atoms with E-state index in [0.717, 1.165) is 35.2 Å². The van der Waals surface area contributed by atoms with E-state index >= 15 is 0 Å². The minimum atomic E-state index is -0.0547. The van der Waals surface area contributed by atoms with Crippen LogP contribution in [0.1, 0.15) is 6.92 Å². The lowest BCUT2D eigenvalue weighted by Gasteiger charge is -2.29. The number of hydrogen-bond donors (Lipinski definition) is 2. The number of piperazine rings is 1. The molecule has 0 unspecified atom stereocenters. The summed E-state index contributed by atoms with van der Waals surface area (Å²) in [6, 6.07) is 7.82. The first-order valence-corrected chi connectivity index (χ1v) is 8.39. The number of likely N-dealkylation sites (N-methyl/N-ethyl adjacent to an activating group) is 1. The minimum Gasteiger partial charge on any atom is -0.337 e. The third kappa shape index (κ3) is 3.45. The van der Waals surface area contributed by atoms with Crippen LogP contribution in [0.2, 0.25) is 0 Å². The summed E-state index contributed by atoms with van der Waals surface area (Å²) in [5.41, 5.74) is 2.89. The van der Waals surface area contributed by atoms with E-state index in [9.17, 15) is 4.79 Å². The third-order valence-electron chi connectivity index (χ3n) is 3.88. The van der Waals surface area contributed by atoms with Gasteiger partial charge in [0.15, 0.2) is 5.13 Å². The second-order valence-corrected chi connectivity index (χ2v) is 6.55. The number of thiazole rings is 1. The maximum atomic E-state index is 11.0. The van der Waals surface area contributed by atoms with Gasteiger partial charge in [-0.1, -0.05) is 12.1 Å². The van der Waals surface area contributed by atoms with Crippen molar-refractivity contribution in [3.05, 3.63) is 29.6 Å². The van der Waals surface area contributed by atoms with E-state index in [-0.39, 0.29) is 5.91 Å². The number of amides is 1. The molecule has 0 bridgehead atoms. The monoisotopic (exact) mass is 317 g/mol. The maximum absolute atomic E-state index is 11.0. The molecule has 1 aromatic carbocycles. The molecule has 0 aliphatic carbocycles. The Morgan fingerprint density at radius 2 is 1.95 bits per heavy atom. The van der Waals surface area contributed by atoms with Gasteiger partial charge in [0, 0.05) is 23.6 Å². The van der Waals surface area contributed by atoms with Crippen molar-refractivity contribution in [2.45, 2.75) is 6.92 Å². The molecule has 2 heterocycles. The number of carbonyl (C=O) groups excluding carboxylic acids is 1. The van der Waals surface area contributed by atoms with E-state index in [1.54, 1.807) is 16.2 Å². The van der Waals surface area contributed by atoms with Crippen molar-refractivity contribution in [3.8, 4) is 11.3 Å². The highest BCUT2D eigenvalue weighted by atomic mass is 32.1. The molecule has 1 aliphatic rings. The van der Waals surface area contributed by atoms with Gasteiger partial charge in [0.25, 0.3) is 0 Å². The van der Waals surface area contributed by atoms with Crippen LogP contribution in [0.15, 0.2) is 29.6 Å². The van der Waals surface area contributed by atoms with Crippen LogP contribution < -0.4 is 15.1 Å². The Balaban J connectivity index is 1.72. The molecule has 1 aliphatic heterocycles. The lowest BCUT2D eigenvalue weighted by Crippen LogP contribution is -3.12. The predicted octanol–water partition coefficient (Wildman–Crippen LogP) is 1.10. The van der Waals surface area contributed by atoms with Crippen molar-refractivity contribution in [3.63, 3.8) is 0 Å². The Morgan fingerprint density at radius 1 is 1.27 bits per heavy atom. The molecule has 5 nitrogen and oxygen atoms in total. The van der Waals surface area contributed by atoms with Crippen molar-refractivity contribution in [1.82, 2.24) is 4.98 Å². The number of nitrogens with zero attached hydrogens (tertiary/aromatic N) is 2. The van der Waals surface area contributed by atoms with Crippen molar-refractivity contribution >= 4 is 28.1 Å². The Labute approximate surface area is 134 Å². The molecule has 6 heteroatoms. The molecular formula is C16H21N4OS+. The van der Waals surface area contributed by atoms with Crippen LogP contribution in [-0.2, 0) is 4.79 Å². The molecule has 116 valence electrons. The van der Waals surface area contributed by atoms with Gasteiger partial charge in [-0.05, 0) is 12.1 Å². The summed E-state index contributed by atoms with van der Waals surface area (Å²) in [6.07, 6.45) is 0. The van der Waals surface area contributed by atoms with Crippen LogP contribution in [0.4, 0.5) is 10.8 Å². The molecule has 1 saturated heterocycles. The van der Waals surface area contributed by atoms with E-state index in [1.807, 2.05) is 24.3 Å². The largest absolute Gasteiger partial charge is 0.337 e. The van der Waals surface area contributed by atoms with Crippen LogP contribution in [-0.4, -0.2) is 44.1 Å². The zero-order valence-electron chi connectivity index (χ0n) is 12.9. The highest BCUT2D eigenvalue weighted by Gasteiger charge is 2.19. The molecular weight excluding hydrogens is 296 g/mol. The summed E-state index contributed by atoms with van der Waals surface area (Å²) in [4.78, 5) is 19.8. The molecule has 2 N–H and O–H groups in total. The molecule has 22 heavy (non-hydrogen) atoms. The number of carbonyl (C=O) groups is 1. The Kier molecular flexibility index (Phi) is 4.40. The summed E-state index contributed by atoms with van der Waals surface area (Å²) in [5, 5.41) is 5.99. The first kappa shape index (κ1) is 15.0. The summed E-state index contributed by atoms with van der Waals surface area (Å²) < 4.78 is 0. The molecule has 3 rings (SSSR count). The van der Waals surface area contributed by atoms with Gasteiger partial charge >= 0.3 is 0 Å². The van der Waals surface area contributed by atoms with Gasteiger partial charge < -0.3 is 15.1 Å². The quantitative estimate of drug-likeness (QED) is 0.891. The molecule has 1 fully saturated rings. The number of nitrogens with one attached hydrogen (secondary N) is 2. The van der Waals surface area contributed by atoms with Gasteiger partial charge in [-0.25, -0.2) is 4.98 Å². The SMILES string of the molecule is CC(=O)Nc1ccc(-c2csc(N3CC[NH+](C)CC3)n2)cc1. The van der Waals surface area contributed by atoms with Crippen molar-refractivity contribution in [2.75, 3.05) is 43.4 Å². The number of anilines is 2. The minimum absolute atomic E-state index is 0.0547. The molecule has 1 aromatic heterocycles. The van der Waals surface area contributed by atoms with Crippen LogP contribution in [0.25, 0.3) is 11.3 Å². The molecule has 0 radical (unpaired) electrons. The van der Waals surface area contributed by atoms with E-state index in [4.69, 9.17) is 4.98 Å². The van der Waals surface area contributed by atoms with Gasteiger partial charge in [0.05, 0.1) is 38.9 Å². The first-order valence-electron chi connectivity index (χ1n) is 7.51. The average Bonchev–Trinajstić information content (AvgIpc) is 2.98. The Bertz CT molecular complexity index is 644. The van der Waals surface area contributed by atoms with Gasteiger partial charge in [0.2, 0.25) is 5.91 Å². The van der Waals surface area contributed by atoms with E-state index in [1.165, 1.54) is 20.0 Å². The second-order valence-electron chi connectivity index (χ2n) is 5.72. The van der Waals surface area contributed by atoms with Crippen LogP contribution in [0, 0.1) is 0 Å². The smallest absolute Gasteiger partial charge is 0.221 e. The summed E-state index contributed by atoms with van der Waals surface area (Å²) in [7, 11) is 2.24. The zero-order chi connectivity index (χ0) is 15.5. The highest BCUT2D eigenvalue weighted by Crippen LogP contribution is 2.28. The Morgan fingerprint density at radius 3 is 2.59 bits per heavy atom. The van der Waals surface area contributed by atoms with Crippen LogP contribution in [0.5, 0.6) is 0 Å². The lowest BCUT2D eigenvalue weighted by molar-refractivity contribution is -0.880. The summed E-state index contributed by atoms with van der Waals surface area (Å²) in [5.74, 6) is -0.0547. The van der Waals surface area contributed by atoms with Crippen LogP contribution >= 0.6 is 11.3 Å². The predicted molar refractivity (Wildman–Crippen MR) is 90.7 cm³/mol. The van der Waals surface area contributed by atoms with Crippen molar-refractivity contribution in [1.29, 1.82) is 0 Å². The summed E-state index contributed by atoms with van der Waals surface area (Å²) >= 11 is 1.70. The highest BCUT2D eigenvalue weighted by molar-refractivity contribution is 7.14. The number of rotatable bonds is 3. The van der Waals surface area contributed by atoms with Gasteiger partial charge in [-0.2, -0.15) is 0 Å².